The fourth-order valence-corrected chi connectivity index (χ4v) is 4.24. The number of amides is 1. The first-order valence-electron chi connectivity index (χ1n) is 8.70. The number of benzene rings is 3. The largest absolute Gasteiger partial charge is 0.506 e. The molecule has 0 spiro atoms. The minimum atomic E-state index is -3.75. The topological polar surface area (TPSA) is 86.7 Å². The quantitative estimate of drug-likeness (QED) is 0.620. The van der Waals surface area contributed by atoms with E-state index in [-0.39, 0.29) is 28.4 Å². The molecule has 0 bridgehead atoms. The predicted octanol–water partition coefficient (Wildman–Crippen LogP) is 3.86. The molecule has 0 fully saturated rings. The molecule has 0 radical (unpaired) electrons. The number of sulfonamides is 1. The molecule has 0 aliphatic rings. The molecule has 28 heavy (non-hydrogen) atoms. The van der Waals surface area contributed by atoms with Crippen LogP contribution in [0.25, 0.3) is 0 Å². The first-order valence-corrected chi connectivity index (χ1v) is 10.1. The van der Waals surface area contributed by atoms with Crippen LogP contribution in [0.4, 0.5) is 11.4 Å². The fraction of sp³-hybridized carbons (Fsp3) is 0.0952. The summed E-state index contributed by atoms with van der Waals surface area (Å²) >= 11 is 0. The Hall–Kier alpha value is -3.32. The second kappa shape index (κ2) is 8.14. The monoisotopic (exact) mass is 396 g/mol. The Morgan fingerprint density at radius 3 is 2.14 bits per heavy atom. The predicted molar refractivity (Wildman–Crippen MR) is 109 cm³/mol. The highest BCUT2D eigenvalue weighted by Crippen LogP contribution is 2.25. The number of para-hydroxylation sites is 3. The van der Waals surface area contributed by atoms with Crippen LogP contribution >= 0.6 is 0 Å². The van der Waals surface area contributed by atoms with Crippen LogP contribution in [-0.2, 0) is 10.0 Å². The third-order valence-corrected chi connectivity index (χ3v) is 6.11. The van der Waals surface area contributed by atoms with Crippen molar-refractivity contribution in [3.8, 4) is 5.75 Å². The summed E-state index contributed by atoms with van der Waals surface area (Å²) in [5, 5.41) is 12.3. The Labute approximate surface area is 164 Å². The van der Waals surface area contributed by atoms with E-state index in [9.17, 15) is 18.3 Å². The number of phenolic OH excluding ortho intramolecular Hbond substituents is 1. The summed E-state index contributed by atoms with van der Waals surface area (Å²) in [6.45, 7) is 2.04. The number of anilines is 2. The summed E-state index contributed by atoms with van der Waals surface area (Å²) in [7, 11) is -3.75. The third-order valence-electron chi connectivity index (χ3n) is 4.19. The van der Waals surface area contributed by atoms with Crippen LogP contribution in [0.5, 0.6) is 5.75 Å². The summed E-state index contributed by atoms with van der Waals surface area (Å²) in [6, 6.07) is 20.9. The maximum absolute atomic E-state index is 13.0. The normalized spacial score (nSPS) is 11.0. The van der Waals surface area contributed by atoms with Gasteiger partial charge < -0.3 is 10.4 Å². The van der Waals surface area contributed by atoms with Gasteiger partial charge in [-0.05, 0) is 55.5 Å². The highest BCUT2D eigenvalue weighted by molar-refractivity contribution is 7.92. The van der Waals surface area contributed by atoms with Gasteiger partial charge in [-0.15, -0.1) is 0 Å². The van der Waals surface area contributed by atoms with E-state index < -0.39 is 15.9 Å². The molecule has 7 heteroatoms. The molecule has 0 saturated heterocycles. The second-order valence-corrected chi connectivity index (χ2v) is 7.86. The van der Waals surface area contributed by atoms with Crippen molar-refractivity contribution in [3.63, 3.8) is 0 Å². The van der Waals surface area contributed by atoms with Crippen molar-refractivity contribution in [3.05, 3.63) is 84.4 Å². The zero-order valence-electron chi connectivity index (χ0n) is 15.2. The van der Waals surface area contributed by atoms with Crippen molar-refractivity contribution in [2.45, 2.75) is 11.8 Å². The lowest BCUT2D eigenvalue weighted by Crippen LogP contribution is -2.30. The Morgan fingerprint density at radius 1 is 0.929 bits per heavy atom. The van der Waals surface area contributed by atoms with Gasteiger partial charge in [-0.3, -0.25) is 9.10 Å². The number of nitrogens with zero attached hydrogens (tertiary/aromatic N) is 1. The lowest BCUT2D eigenvalue weighted by Gasteiger charge is -2.23. The lowest BCUT2D eigenvalue weighted by atomic mass is 10.2. The molecule has 3 aromatic carbocycles. The summed E-state index contributed by atoms with van der Waals surface area (Å²) in [5.74, 6) is -0.489. The molecule has 0 aliphatic heterocycles. The number of hydrogen-bond donors (Lipinski definition) is 2. The third kappa shape index (κ3) is 3.99. The summed E-state index contributed by atoms with van der Waals surface area (Å²) < 4.78 is 27.3. The van der Waals surface area contributed by atoms with E-state index in [4.69, 9.17) is 0 Å². The summed E-state index contributed by atoms with van der Waals surface area (Å²) in [5.41, 5.74) is 1.14. The van der Waals surface area contributed by atoms with Gasteiger partial charge in [0.15, 0.2) is 0 Å². The van der Waals surface area contributed by atoms with Gasteiger partial charge >= 0.3 is 0 Å². The van der Waals surface area contributed by atoms with Crippen molar-refractivity contribution in [1.29, 1.82) is 0 Å². The average molecular weight is 396 g/mol. The smallest absolute Gasteiger partial charge is 0.264 e. The molecule has 0 aliphatic carbocycles. The van der Waals surface area contributed by atoms with Crippen molar-refractivity contribution >= 4 is 27.3 Å². The van der Waals surface area contributed by atoms with Crippen LogP contribution in [0.3, 0.4) is 0 Å². The zero-order valence-corrected chi connectivity index (χ0v) is 16.1. The average Bonchev–Trinajstić information content (AvgIpc) is 2.71. The van der Waals surface area contributed by atoms with E-state index in [1.165, 1.54) is 34.6 Å². The maximum Gasteiger partial charge on any atom is 0.264 e. The van der Waals surface area contributed by atoms with Crippen LogP contribution in [-0.4, -0.2) is 26.0 Å². The first kappa shape index (κ1) is 19.4. The maximum atomic E-state index is 13.0. The highest BCUT2D eigenvalue weighted by atomic mass is 32.2. The van der Waals surface area contributed by atoms with Crippen molar-refractivity contribution in [1.82, 2.24) is 0 Å². The van der Waals surface area contributed by atoms with Crippen LogP contribution in [0, 0.1) is 0 Å². The van der Waals surface area contributed by atoms with E-state index in [0.717, 1.165) is 0 Å². The van der Waals surface area contributed by atoms with E-state index in [1.54, 1.807) is 49.4 Å². The molecule has 1 amide bonds. The van der Waals surface area contributed by atoms with Crippen molar-refractivity contribution < 1.29 is 18.3 Å². The summed E-state index contributed by atoms with van der Waals surface area (Å²) in [6.07, 6.45) is 0. The molecule has 0 atom stereocenters. The number of carbonyl (C=O) groups is 1. The van der Waals surface area contributed by atoms with Gasteiger partial charge in [0, 0.05) is 12.1 Å². The SMILES string of the molecule is CCN(c1ccccc1)S(=O)(=O)c1ccc(C(=O)Nc2ccccc2O)cc1. The fourth-order valence-electron chi connectivity index (χ4n) is 2.76. The molecular weight excluding hydrogens is 376 g/mol. The molecule has 0 aromatic heterocycles. The number of carbonyl (C=O) groups excluding carboxylic acids is 1. The standard InChI is InChI=1S/C21H20N2O4S/c1-2-23(17-8-4-3-5-9-17)28(26,27)18-14-12-16(13-15-18)21(25)22-19-10-6-7-11-20(19)24/h3-15,24H,2H2,1H3,(H,22,25). The molecule has 144 valence electrons. The summed E-state index contributed by atoms with van der Waals surface area (Å²) in [4.78, 5) is 12.5. The van der Waals surface area contributed by atoms with Crippen molar-refractivity contribution in [2.75, 3.05) is 16.2 Å². The number of nitrogens with one attached hydrogen (secondary N) is 1. The van der Waals surface area contributed by atoms with Gasteiger partial charge in [0.25, 0.3) is 15.9 Å². The zero-order chi connectivity index (χ0) is 20.1. The first-order chi connectivity index (χ1) is 13.4. The molecule has 6 nitrogen and oxygen atoms in total. The van der Waals surface area contributed by atoms with Gasteiger partial charge in [-0.2, -0.15) is 0 Å². The van der Waals surface area contributed by atoms with Gasteiger partial charge in [-0.25, -0.2) is 8.42 Å². The molecule has 3 aromatic rings. The Bertz CT molecular complexity index is 1070. The van der Waals surface area contributed by atoms with Crippen LogP contribution in [0.2, 0.25) is 0 Å². The highest BCUT2D eigenvalue weighted by Gasteiger charge is 2.23. The van der Waals surface area contributed by atoms with Crippen LogP contribution in [0.1, 0.15) is 17.3 Å². The second-order valence-electron chi connectivity index (χ2n) is 6.00. The minimum Gasteiger partial charge on any atom is -0.506 e. The van der Waals surface area contributed by atoms with Crippen LogP contribution < -0.4 is 9.62 Å². The number of phenols is 1. The van der Waals surface area contributed by atoms with Gasteiger partial charge in [0.05, 0.1) is 16.3 Å². The Balaban J connectivity index is 1.83. The molecule has 0 heterocycles. The van der Waals surface area contributed by atoms with Gasteiger partial charge in [0.1, 0.15) is 5.75 Å². The number of aromatic hydroxyl groups is 1. The van der Waals surface area contributed by atoms with E-state index >= 15 is 0 Å². The van der Waals surface area contributed by atoms with E-state index in [0.29, 0.717) is 5.69 Å². The molecule has 0 saturated carbocycles. The number of hydrogen-bond acceptors (Lipinski definition) is 4. The number of rotatable bonds is 6. The Morgan fingerprint density at radius 2 is 1.54 bits per heavy atom. The van der Waals surface area contributed by atoms with E-state index in [1.807, 2.05) is 6.07 Å². The Kier molecular flexibility index (Phi) is 5.65. The van der Waals surface area contributed by atoms with E-state index in [2.05, 4.69) is 5.32 Å². The minimum absolute atomic E-state index is 0.0449. The molecule has 0 unspecified atom stereocenters. The van der Waals surface area contributed by atoms with Gasteiger partial charge in [0.2, 0.25) is 0 Å². The molecule has 3 rings (SSSR count). The van der Waals surface area contributed by atoms with Gasteiger partial charge in [-0.1, -0.05) is 30.3 Å². The lowest BCUT2D eigenvalue weighted by molar-refractivity contribution is 0.102. The van der Waals surface area contributed by atoms with Crippen molar-refractivity contribution in [2.24, 2.45) is 0 Å². The molecular formula is C21H20N2O4S. The molecule has 2 N–H and O–H groups in total. The van der Waals surface area contributed by atoms with Crippen LogP contribution in [0.15, 0.2) is 83.8 Å².